The van der Waals surface area contributed by atoms with Gasteiger partial charge in [0.1, 0.15) is 17.5 Å². The van der Waals surface area contributed by atoms with Crippen LogP contribution in [0.3, 0.4) is 0 Å². The molecule has 0 fully saturated rings. The van der Waals surface area contributed by atoms with Crippen molar-refractivity contribution in [2.24, 2.45) is 5.92 Å². The van der Waals surface area contributed by atoms with Gasteiger partial charge in [-0.2, -0.15) is 13.2 Å². The third kappa shape index (κ3) is 8.94. The summed E-state index contributed by atoms with van der Waals surface area (Å²) in [6, 6.07) is 2.72. The lowest BCUT2D eigenvalue weighted by Crippen LogP contribution is -2.32. The summed E-state index contributed by atoms with van der Waals surface area (Å²) in [5.74, 6) is -8.85. The Morgan fingerprint density at radius 2 is 1.60 bits per heavy atom. The molecular formula is C36H42F6N2O4. The number of ketones is 1. The first-order valence-corrected chi connectivity index (χ1v) is 15.7. The Bertz CT molecular complexity index is 1730. The van der Waals surface area contributed by atoms with E-state index in [2.05, 4.69) is 0 Å². The number of aliphatic carboxylic acids is 1. The molecule has 0 saturated carbocycles. The quantitative estimate of drug-likeness (QED) is 0.174. The van der Waals surface area contributed by atoms with E-state index in [0.29, 0.717) is 12.0 Å². The van der Waals surface area contributed by atoms with Gasteiger partial charge in [0.2, 0.25) is 0 Å². The van der Waals surface area contributed by atoms with Gasteiger partial charge in [0, 0.05) is 35.7 Å². The highest BCUT2D eigenvalue weighted by Crippen LogP contribution is 2.43. The van der Waals surface area contributed by atoms with E-state index in [1.54, 1.807) is 27.0 Å². The Balaban J connectivity index is 2.24. The van der Waals surface area contributed by atoms with Crippen molar-refractivity contribution in [3.63, 3.8) is 0 Å². The molecule has 0 amide bonds. The van der Waals surface area contributed by atoms with Gasteiger partial charge >= 0.3 is 12.1 Å². The van der Waals surface area contributed by atoms with Crippen LogP contribution in [0.5, 0.6) is 0 Å². The maximum atomic E-state index is 16.4. The van der Waals surface area contributed by atoms with Crippen molar-refractivity contribution in [1.82, 2.24) is 9.47 Å². The largest absolute Gasteiger partial charge is 0.481 e. The van der Waals surface area contributed by atoms with Crippen LogP contribution in [0.1, 0.15) is 84.9 Å². The van der Waals surface area contributed by atoms with E-state index < -0.39 is 82.4 Å². The maximum absolute atomic E-state index is 16.4. The number of aromatic nitrogens is 1. The van der Waals surface area contributed by atoms with E-state index in [4.69, 9.17) is 0 Å². The fourth-order valence-corrected chi connectivity index (χ4v) is 6.13. The van der Waals surface area contributed by atoms with Gasteiger partial charge in [-0.15, -0.1) is 0 Å². The van der Waals surface area contributed by atoms with Gasteiger partial charge in [-0.25, -0.2) is 13.2 Å². The number of hydrogen-bond acceptors (Lipinski definition) is 4. The Morgan fingerprint density at radius 3 is 2.17 bits per heavy atom. The number of pyridine rings is 1. The molecule has 6 nitrogen and oxygen atoms in total. The lowest BCUT2D eigenvalue weighted by Gasteiger charge is -2.26. The van der Waals surface area contributed by atoms with Crippen molar-refractivity contribution >= 4 is 11.8 Å². The lowest BCUT2D eigenvalue weighted by molar-refractivity contribution is -0.140. The third-order valence-electron chi connectivity index (χ3n) is 8.54. The summed E-state index contributed by atoms with van der Waals surface area (Å²) in [7, 11) is 3.83. The van der Waals surface area contributed by atoms with Gasteiger partial charge in [-0.05, 0) is 107 Å². The van der Waals surface area contributed by atoms with E-state index >= 15 is 8.78 Å². The first kappa shape index (κ1) is 38.5. The molecule has 262 valence electrons. The number of Topliss-reactive ketones (excluding diaryl/α,β-unsaturated/α-hetero) is 1. The van der Waals surface area contributed by atoms with Crippen LogP contribution in [0.25, 0.3) is 11.1 Å². The number of hydrogen-bond donors (Lipinski definition) is 1. The Kier molecular flexibility index (Phi) is 12.5. The average Bonchev–Trinajstić information content (AvgIpc) is 2.95. The fraction of sp³-hybridized carbons (Fsp3) is 0.472. The summed E-state index contributed by atoms with van der Waals surface area (Å²) in [5, 5.41) is 9.73. The van der Waals surface area contributed by atoms with Gasteiger partial charge < -0.3 is 14.6 Å². The number of carbonyl (C=O) groups is 2. The standard InChI is InChI=1S/C36H42F6N2O4/c1-19(2)13-28(44-18-23(9-8-12-43(6)7)21(4)14-30(44)46)29(45)15-24(16-31(47)48)33-34(38)25(17-26(35(33)39)36(40,41)42)32-20(3)10-11-27(37)22(32)5/h10-11,14,17-19,24,28H,8-9,12-13,15-16H2,1-7H3,(H,47,48)/t24-,28?/m0/s1. The van der Waals surface area contributed by atoms with Gasteiger partial charge in [0.15, 0.2) is 5.78 Å². The minimum absolute atomic E-state index is 0.0964. The number of alkyl halides is 3. The normalized spacial score (nSPS) is 13.3. The number of rotatable bonds is 14. The molecule has 1 N–H and O–H groups in total. The van der Waals surface area contributed by atoms with Crippen LogP contribution in [0, 0.1) is 44.1 Å². The van der Waals surface area contributed by atoms with Crippen LogP contribution in [0.2, 0.25) is 0 Å². The summed E-state index contributed by atoms with van der Waals surface area (Å²) >= 11 is 0. The van der Waals surface area contributed by atoms with E-state index in [1.807, 2.05) is 19.0 Å². The molecule has 0 radical (unpaired) electrons. The van der Waals surface area contributed by atoms with Gasteiger partial charge in [0.05, 0.1) is 18.0 Å². The molecule has 0 bridgehead atoms. The molecule has 12 heteroatoms. The second kappa shape index (κ2) is 15.5. The predicted molar refractivity (Wildman–Crippen MR) is 172 cm³/mol. The summed E-state index contributed by atoms with van der Waals surface area (Å²) in [6.07, 6.45) is -4.33. The van der Waals surface area contributed by atoms with E-state index in [1.165, 1.54) is 30.5 Å². The molecule has 1 heterocycles. The molecule has 3 rings (SSSR count). The Hall–Kier alpha value is -3.93. The van der Waals surface area contributed by atoms with E-state index in [9.17, 15) is 37.1 Å². The molecule has 0 spiro atoms. The summed E-state index contributed by atoms with van der Waals surface area (Å²) < 4.78 is 90.6. The van der Waals surface area contributed by atoms with Crippen molar-refractivity contribution in [3.05, 3.63) is 91.6 Å². The molecule has 3 aromatic rings. The topological polar surface area (TPSA) is 79.6 Å². The van der Waals surface area contributed by atoms with Crippen molar-refractivity contribution in [3.8, 4) is 11.1 Å². The number of carboxylic acids is 1. The summed E-state index contributed by atoms with van der Waals surface area (Å²) in [4.78, 5) is 41.2. The summed E-state index contributed by atoms with van der Waals surface area (Å²) in [5.41, 5.74) is -3.15. The maximum Gasteiger partial charge on any atom is 0.419 e. The highest BCUT2D eigenvalue weighted by molar-refractivity contribution is 5.84. The highest BCUT2D eigenvalue weighted by Gasteiger charge is 2.40. The smallest absolute Gasteiger partial charge is 0.419 e. The highest BCUT2D eigenvalue weighted by atomic mass is 19.4. The van der Waals surface area contributed by atoms with Crippen LogP contribution in [0.15, 0.2) is 35.3 Å². The van der Waals surface area contributed by atoms with Gasteiger partial charge in [-0.1, -0.05) is 19.9 Å². The van der Waals surface area contributed by atoms with Crippen LogP contribution >= 0.6 is 0 Å². The van der Waals surface area contributed by atoms with Crippen LogP contribution < -0.4 is 5.56 Å². The Labute approximate surface area is 276 Å². The number of aryl methyl sites for hydroxylation is 3. The average molecular weight is 681 g/mol. The SMILES string of the molecule is Cc1cc(=O)n(C(CC(C)C)C(=O)C[C@@H](CC(=O)O)c2c(F)c(-c3c(C)ccc(F)c3C)cc(C(F)(F)F)c2F)cc1CCCN(C)C. The third-order valence-corrected chi connectivity index (χ3v) is 8.54. The van der Waals surface area contributed by atoms with E-state index in [0.717, 1.165) is 24.6 Å². The van der Waals surface area contributed by atoms with E-state index in [-0.39, 0.29) is 35.1 Å². The summed E-state index contributed by atoms with van der Waals surface area (Å²) in [6.45, 7) is 8.74. The first-order chi connectivity index (χ1) is 22.2. The van der Waals surface area contributed by atoms with Crippen molar-refractivity contribution in [1.29, 1.82) is 0 Å². The first-order valence-electron chi connectivity index (χ1n) is 15.7. The zero-order valence-corrected chi connectivity index (χ0v) is 28.2. The fourth-order valence-electron chi connectivity index (χ4n) is 6.13. The number of nitrogens with zero attached hydrogens (tertiary/aromatic N) is 2. The predicted octanol–water partition coefficient (Wildman–Crippen LogP) is 8.18. The Morgan fingerprint density at radius 1 is 0.958 bits per heavy atom. The van der Waals surface area contributed by atoms with Crippen molar-refractivity contribution < 1.29 is 41.0 Å². The van der Waals surface area contributed by atoms with Gasteiger partial charge in [-0.3, -0.25) is 14.4 Å². The molecule has 0 aliphatic carbocycles. The molecule has 2 atom stereocenters. The molecular weight excluding hydrogens is 638 g/mol. The van der Waals surface area contributed by atoms with Crippen LogP contribution in [-0.2, 0) is 22.2 Å². The molecule has 0 aliphatic heterocycles. The van der Waals surface area contributed by atoms with Crippen LogP contribution in [0.4, 0.5) is 26.3 Å². The van der Waals surface area contributed by atoms with Gasteiger partial charge in [0.25, 0.3) is 5.56 Å². The molecule has 0 saturated heterocycles. The zero-order chi connectivity index (χ0) is 36.2. The monoisotopic (exact) mass is 680 g/mol. The zero-order valence-electron chi connectivity index (χ0n) is 28.2. The number of benzene rings is 2. The molecule has 1 unspecified atom stereocenters. The molecule has 0 aliphatic rings. The van der Waals surface area contributed by atoms with Crippen LogP contribution in [-0.4, -0.2) is 47.0 Å². The number of halogens is 6. The minimum atomic E-state index is -5.34. The number of carbonyl (C=O) groups excluding carboxylic acids is 1. The minimum Gasteiger partial charge on any atom is -0.481 e. The lowest BCUT2D eigenvalue weighted by atomic mass is 9.83. The second-order valence-electron chi connectivity index (χ2n) is 13.1. The van der Waals surface area contributed by atoms with Crippen molar-refractivity contribution in [2.45, 2.75) is 84.9 Å². The molecule has 48 heavy (non-hydrogen) atoms. The molecule has 1 aromatic heterocycles. The second-order valence-corrected chi connectivity index (χ2v) is 13.1. The number of carboxylic acid groups (broad SMARTS) is 1. The molecule has 2 aromatic carbocycles. The van der Waals surface area contributed by atoms with Crippen molar-refractivity contribution in [2.75, 3.05) is 20.6 Å².